The van der Waals surface area contributed by atoms with Gasteiger partial charge in [0.25, 0.3) is 11.8 Å². The zero-order valence-electron chi connectivity index (χ0n) is 19.6. The summed E-state index contributed by atoms with van der Waals surface area (Å²) in [6.07, 6.45) is 3.42. The fourth-order valence-electron chi connectivity index (χ4n) is 4.90. The van der Waals surface area contributed by atoms with Gasteiger partial charge in [0.2, 0.25) is 0 Å². The summed E-state index contributed by atoms with van der Waals surface area (Å²) in [5, 5.41) is 7.73. The SMILES string of the molecule is O=C(c1ccc2c(cnn2Cc2ccc(F)cc2)c1)N1CC(N2CCN(C(=O)c3nccs3)CC2)C1. The van der Waals surface area contributed by atoms with Crippen molar-refractivity contribution in [2.75, 3.05) is 39.3 Å². The average molecular weight is 505 g/mol. The number of piperazine rings is 1. The van der Waals surface area contributed by atoms with E-state index in [1.54, 1.807) is 24.5 Å². The molecule has 36 heavy (non-hydrogen) atoms. The number of halogens is 1. The van der Waals surface area contributed by atoms with Crippen molar-refractivity contribution < 1.29 is 14.0 Å². The van der Waals surface area contributed by atoms with Crippen LogP contribution in [0.1, 0.15) is 25.7 Å². The highest BCUT2D eigenvalue weighted by Crippen LogP contribution is 2.23. The summed E-state index contributed by atoms with van der Waals surface area (Å²) < 4.78 is 15.0. The highest BCUT2D eigenvalue weighted by molar-refractivity contribution is 7.11. The number of nitrogens with zero attached hydrogens (tertiary/aromatic N) is 6. The molecule has 0 saturated carbocycles. The van der Waals surface area contributed by atoms with E-state index >= 15 is 0 Å². The molecule has 0 bridgehead atoms. The molecule has 2 aliphatic heterocycles. The normalized spacial score (nSPS) is 16.9. The Morgan fingerprint density at radius 2 is 1.75 bits per heavy atom. The van der Waals surface area contributed by atoms with Gasteiger partial charge < -0.3 is 9.80 Å². The predicted molar refractivity (Wildman–Crippen MR) is 135 cm³/mol. The fourth-order valence-corrected chi connectivity index (χ4v) is 5.50. The van der Waals surface area contributed by atoms with Gasteiger partial charge in [-0.3, -0.25) is 19.2 Å². The van der Waals surface area contributed by atoms with Crippen LogP contribution in [0.4, 0.5) is 4.39 Å². The third-order valence-electron chi connectivity index (χ3n) is 7.02. The molecule has 0 unspecified atom stereocenters. The van der Waals surface area contributed by atoms with Crippen molar-refractivity contribution in [2.45, 2.75) is 12.6 Å². The second-order valence-electron chi connectivity index (χ2n) is 9.23. The summed E-state index contributed by atoms with van der Waals surface area (Å²) >= 11 is 1.37. The van der Waals surface area contributed by atoms with E-state index in [2.05, 4.69) is 15.0 Å². The van der Waals surface area contributed by atoms with Crippen LogP contribution in [0, 0.1) is 5.82 Å². The van der Waals surface area contributed by atoms with Crippen molar-refractivity contribution in [1.82, 2.24) is 29.5 Å². The third kappa shape index (κ3) is 4.38. The molecule has 2 aliphatic rings. The second-order valence-corrected chi connectivity index (χ2v) is 10.1. The number of carbonyl (C=O) groups is 2. The molecule has 0 N–H and O–H groups in total. The maximum absolute atomic E-state index is 13.2. The minimum atomic E-state index is -0.260. The summed E-state index contributed by atoms with van der Waals surface area (Å²) in [6, 6.07) is 12.4. The van der Waals surface area contributed by atoms with Crippen LogP contribution in [0.15, 0.2) is 60.2 Å². The predicted octanol–water partition coefficient (Wildman–Crippen LogP) is 2.96. The molecule has 2 fully saturated rings. The number of hydrogen-bond acceptors (Lipinski definition) is 6. The average Bonchev–Trinajstić information content (AvgIpc) is 3.55. The number of fused-ring (bicyclic) bond motifs is 1. The first-order chi connectivity index (χ1) is 17.5. The number of amides is 2. The van der Waals surface area contributed by atoms with Gasteiger partial charge in [0, 0.05) is 67.8 Å². The van der Waals surface area contributed by atoms with Crippen molar-refractivity contribution in [3.8, 4) is 0 Å². The molecule has 10 heteroatoms. The zero-order valence-corrected chi connectivity index (χ0v) is 20.4. The quantitative estimate of drug-likeness (QED) is 0.418. The smallest absolute Gasteiger partial charge is 0.282 e. The summed E-state index contributed by atoms with van der Waals surface area (Å²) in [5.74, 6) is -0.229. The van der Waals surface area contributed by atoms with Crippen LogP contribution in [0.3, 0.4) is 0 Å². The van der Waals surface area contributed by atoms with E-state index in [4.69, 9.17) is 0 Å². The van der Waals surface area contributed by atoms with E-state index in [9.17, 15) is 14.0 Å². The lowest BCUT2D eigenvalue weighted by molar-refractivity contribution is 0.00854. The van der Waals surface area contributed by atoms with Crippen molar-refractivity contribution in [2.24, 2.45) is 0 Å². The first kappa shape index (κ1) is 22.8. The molecule has 0 radical (unpaired) electrons. The van der Waals surface area contributed by atoms with Crippen molar-refractivity contribution >= 4 is 34.1 Å². The Balaban J connectivity index is 1.04. The molecule has 2 aromatic carbocycles. The van der Waals surface area contributed by atoms with Crippen LogP contribution >= 0.6 is 11.3 Å². The number of hydrogen-bond donors (Lipinski definition) is 0. The van der Waals surface area contributed by atoms with E-state index in [-0.39, 0.29) is 17.6 Å². The van der Waals surface area contributed by atoms with Gasteiger partial charge in [0.1, 0.15) is 5.82 Å². The standard InChI is InChI=1S/C26H25FN6O2S/c27-21-4-1-18(2-5-21)15-33-23-6-3-19(13-20(23)14-29-33)25(34)32-16-22(17-32)30-8-10-31(11-9-30)26(35)24-28-7-12-36-24/h1-7,12-14,22H,8-11,15-17H2. The van der Waals surface area contributed by atoms with Crippen molar-refractivity contribution in [3.05, 3.63) is 82.2 Å². The first-order valence-electron chi connectivity index (χ1n) is 12.0. The molecule has 184 valence electrons. The molecule has 6 rings (SSSR count). The van der Waals surface area contributed by atoms with Gasteiger partial charge in [-0.05, 0) is 35.9 Å². The van der Waals surface area contributed by atoms with Crippen LogP contribution in [0.25, 0.3) is 10.9 Å². The van der Waals surface area contributed by atoms with E-state index in [1.807, 2.05) is 38.1 Å². The Morgan fingerprint density at radius 1 is 0.972 bits per heavy atom. The molecule has 2 saturated heterocycles. The van der Waals surface area contributed by atoms with Gasteiger partial charge in [-0.25, -0.2) is 9.37 Å². The van der Waals surface area contributed by atoms with E-state index < -0.39 is 0 Å². The lowest BCUT2D eigenvalue weighted by atomic mass is 10.0. The molecule has 4 aromatic rings. The maximum Gasteiger partial charge on any atom is 0.282 e. The van der Waals surface area contributed by atoms with Gasteiger partial charge in [0.15, 0.2) is 5.01 Å². The van der Waals surface area contributed by atoms with Crippen LogP contribution in [-0.4, -0.2) is 86.6 Å². The maximum atomic E-state index is 13.2. The summed E-state index contributed by atoms with van der Waals surface area (Å²) in [6.45, 7) is 4.91. The van der Waals surface area contributed by atoms with E-state index in [1.165, 1.54) is 23.5 Å². The van der Waals surface area contributed by atoms with Crippen LogP contribution in [0.5, 0.6) is 0 Å². The Morgan fingerprint density at radius 3 is 2.47 bits per heavy atom. The molecule has 0 spiro atoms. The number of thiazole rings is 1. The summed E-state index contributed by atoms with van der Waals surface area (Å²) in [7, 11) is 0. The number of likely N-dealkylation sites (tertiary alicyclic amines) is 1. The topological polar surface area (TPSA) is 74.6 Å². The minimum Gasteiger partial charge on any atom is -0.335 e. The Hall–Kier alpha value is -3.63. The van der Waals surface area contributed by atoms with Crippen LogP contribution in [-0.2, 0) is 6.54 Å². The number of benzene rings is 2. The molecule has 0 atom stereocenters. The molecular weight excluding hydrogens is 479 g/mol. The second kappa shape index (κ2) is 9.44. The molecule has 0 aliphatic carbocycles. The molecular formula is C26H25FN6O2S. The van der Waals surface area contributed by atoms with Crippen LogP contribution < -0.4 is 0 Å². The summed E-state index contributed by atoms with van der Waals surface area (Å²) in [4.78, 5) is 35.8. The molecule has 4 heterocycles. The molecule has 8 nitrogen and oxygen atoms in total. The van der Waals surface area contributed by atoms with Gasteiger partial charge in [-0.1, -0.05) is 12.1 Å². The first-order valence-corrected chi connectivity index (χ1v) is 12.9. The third-order valence-corrected chi connectivity index (χ3v) is 7.78. The number of aromatic nitrogens is 3. The fraction of sp³-hybridized carbons (Fsp3) is 0.308. The van der Waals surface area contributed by atoms with E-state index in [0.29, 0.717) is 49.3 Å². The van der Waals surface area contributed by atoms with E-state index in [0.717, 1.165) is 29.6 Å². The summed E-state index contributed by atoms with van der Waals surface area (Å²) in [5.41, 5.74) is 2.55. The lowest BCUT2D eigenvalue weighted by Gasteiger charge is -2.48. The molecule has 2 aromatic heterocycles. The Kier molecular flexibility index (Phi) is 5.98. The number of carbonyl (C=O) groups excluding carboxylic acids is 2. The largest absolute Gasteiger partial charge is 0.335 e. The highest BCUT2D eigenvalue weighted by atomic mass is 32.1. The van der Waals surface area contributed by atoms with Gasteiger partial charge >= 0.3 is 0 Å². The van der Waals surface area contributed by atoms with Gasteiger partial charge in [-0.2, -0.15) is 5.10 Å². The lowest BCUT2D eigenvalue weighted by Crippen LogP contribution is -2.64. The zero-order chi connectivity index (χ0) is 24.6. The van der Waals surface area contributed by atoms with Crippen molar-refractivity contribution in [3.63, 3.8) is 0 Å². The minimum absolute atomic E-state index is 0.00597. The van der Waals surface area contributed by atoms with Crippen LogP contribution in [0.2, 0.25) is 0 Å². The van der Waals surface area contributed by atoms with Crippen molar-refractivity contribution in [1.29, 1.82) is 0 Å². The monoisotopic (exact) mass is 504 g/mol. The highest BCUT2D eigenvalue weighted by Gasteiger charge is 2.37. The number of rotatable bonds is 5. The Labute approximate surface area is 211 Å². The molecule has 2 amide bonds. The Bertz CT molecular complexity index is 1390. The van der Waals surface area contributed by atoms with Gasteiger partial charge in [0.05, 0.1) is 18.3 Å². The van der Waals surface area contributed by atoms with Gasteiger partial charge in [-0.15, -0.1) is 11.3 Å².